The van der Waals surface area contributed by atoms with Crippen LogP contribution in [0, 0.1) is 6.92 Å². The third-order valence-electron chi connectivity index (χ3n) is 4.96. The highest BCUT2D eigenvalue weighted by Crippen LogP contribution is 2.33. The molecule has 5 heteroatoms. The maximum Gasteiger partial charge on any atom is 0.288 e. The van der Waals surface area contributed by atoms with E-state index >= 15 is 0 Å². The smallest absolute Gasteiger partial charge is 0.266 e. The second kappa shape index (κ2) is 6.87. The molecule has 0 N–H and O–H groups in total. The number of rotatable bonds is 3. The molecular formula is C24H17N4O. The van der Waals surface area contributed by atoms with Crippen molar-refractivity contribution in [2.24, 2.45) is 0 Å². The third-order valence-corrected chi connectivity index (χ3v) is 4.96. The van der Waals surface area contributed by atoms with Crippen LogP contribution in [0.4, 0.5) is 5.69 Å². The molecule has 2 aromatic carbocycles. The summed E-state index contributed by atoms with van der Waals surface area (Å²) in [5.74, 6) is -0.262. The lowest BCUT2D eigenvalue weighted by atomic mass is 9.99. The number of hydrogen-bond acceptors (Lipinski definition) is 4. The van der Waals surface area contributed by atoms with Crippen molar-refractivity contribution in [1.82, 2.24) is 15.4 Å². The number of carbonyl (C=O) groups excluding carboxylic acids is 1. The van der Waals surface area contributed by atoms with Gasteiger partial charge in [0.15, 0.2) is 0 Å². The second-order valence-electron chi connectivity index (χ2n) is 6.94. The molecule has 1 radical (unpaired) electrons. The zero-order chi connectivity index (χ0) is 19.8. The van der Waals surface area contributed by atoms with Gasteiger partial charge in [-0.25, -0.2) is 5.01 Å². The van der Waals surface area contributed by atoms with Crippen molar-refractivity contribution >= 4 is 28.2 Å². The van der Waals surface area contributed by atoms with Gasteiger partial charge in [0, 0.05) is 35.6 Å². The first-order valence-corrected chi connectivity index (χ1v) is 9.33. The molecule has 0 atom stereocenters. The number of fused-ring (bicyclic) bond motifs is 1. The fourth-order valence-electron chi connectivity index (χ4n) is 3.61. The van der Waals surface area contributed by atoms with Crippen LogP contribution in [0.2, 0.25) is 0 Å². The van der Waals surface area contributed by atoms with Gasteiger partial charge in [0.1, 0.15) is 0 Å². The van der Waals surface area contributed by atoms with E-state index in [1.54, 1.807) is 23.5 Å². The largest absolute Gasteiger partial charge is 0.288 e. The summed E-state index contributed by atoms with van der Waals surface area (Å²) in [5, 5.41) is 2.72. The molecular weight excluding hydrogens is 360 g/mol. The number of aryl methyl sites for hydroxylation is 1. The van der Waals surface area contributed by atoms with Gasteiger partial charge >= 0.3 is 0 Å². The summed E-state index contributed by atoms with van der Waals surface area (Å²) in [4.78, 5) is 20.8. The summed E-state index contributed by atoms with van der Waals surface area (Å²) in [5.41, 5.74) is 10.9. The molecule has 0 bridgehead atoms. The molecule has 0 unspecified atom stereocenters. The molecule has 4 aromatic rings. The molecule has 0 spiro atoms. The number of hydrogen-bond donors (Lipinski definition) is 0. The Hall–Kier alpha value is -3.99. The minimum atomic E-state index is -0.262. The van der Waals surface area contributed by atoms with Gasteiger partial charge in [-0.15, -0.1) is 5.43 Å². The van der Waals surface area contributed by atoms with Crippen LogP contribution in [-0.4, -0.2) is 15.9 Å². The number of carbonyl (C=O) groups is 1. The molecule has 29 heavy (non-hydrogen) atoms. The number of benzene rings is 2. The minimum Gasteiger partial charge on any atom is -0.266 e. The van der Waals surface area contributed by atoms with Crippen LogP contribution >= 0.6 is 0 Å². The number of anilines is 1. The lowest BCUT2D eigenvalue weighted by molar-refractivity contribution is -0.116. The molecule has 5 nitrogen and oxygen atoms in total. The molecule has 0 aliphatic carbocycles. The molecule has 0 fully saturated rings. The Balaban J connectivity index is 1.65. The van der Waals surface area contributed by atoms with Crippen LogP contribution in [0.5, 0.6) is 0 Å². The van der Waals surface area contributed by atoms with E-state index in [9.17, 15) is 4.79 Å². The standard InChI is InChI=1S/C24H17N4O/c1-16-3-2-4-19(13-16)28-23(15-24(29)27-28)18-5-6-22-21(14-18)20(9-12-26-22)17-7-10-25-11-8-17/h2-15H,1H3. The molecule has 139 valence electrons. The van der Waals surface area contributed by atoms with Gasteiger partial charge in [0.2, 0.25) is 0 Å². The van der Waals surface area contributed by atoms with E-state index < -0.39 is 0 Å². The average molecular weight is 377 g/mol. The summed E-state index contributed by atoms with van der Waals surface area (Å²) < 4.78 is 0. The quantitative estimate of drug-likeness (QED) is 0.527. The van der Waals surface area contributed by atoms with E-state index in [1.807, 2.05) is 67.7 Å². The molecule has 3 heterocycles. The van der Waals surface area contributed by atoms with Gasteiger partial charge in [-0.05, 0) is 66.1 Å². The van der Waals surface area contributed by atoms with Gasteiger partial charge in [0.05, 0.1) is 16.9 Å². The SMILES string of the molecule is Cc1cccc(N2[N]C(=O)C=C2c2ccc3nccc(-c4ccncc4)c3c2)c1. The van der Waals surface area contributed by atoms with Gasteiger partial charge in [-0.2, -0.15) is 0 Å². The van der Waals surface area contributed by atoms with Crippen molar-refractivity contribution < 1.29 is 4.79 Å². The normalized spacial score (nSPS) is 13.5. The van der Waals surface area contributed by atoms with Crippen molar-refractivity contribution in [2.45, 2.75) is 6.92 Å². The molecule has 1 aliphatic heterocycles. The third kappa shape index (κ3) is 3.12. The van der Waals surface area contributed by atoms with Crippen molar-refractivity contribution in [3.05, 3.63) is 96.5 Å². The zero-order valence-corrected chi connectivity index (χ0v) is 15.8. The number of nitrogens with zero attached hydrogens (tertiary/aromatic N) is 4. The van der Waals surface area contributed by atoms with Crippen LogP contribution < -0.4 is 10.4 Å². The topological polar surface area (TPSA) is 60.2 Å². The lowest BCUT2D eigenvalue weighted by Gasteiger charge is -2.20. The Kier molecular flexibility index (Phi) is 4.06. The van der Waals surface area contributed by atoms with Gasteiger partial charge in [0.25, 0.3) is 5.91 Å². The molecule has 1 amide bonds. The first-order chi connectivity index (χ1) is 14.2. The molecule has 0 saturated carbocycles. The first kappa shape index (κ1) is 17.1. The highest BCUT2D eigenvalue weighted by atomic mass is 16.2. The first-order valence-electron chi connectivity index (χ1n) is 9.33. The number of pyridine rings is 2. The van der Waals surface area contributed by atoms with E-state index in [-0.39, 0.29) is 5.91 Å². The second-order valence-corrected chi connectivity index (χ2v) is 6.94. The highest BCUT2D eigenvalue weighted by molar-refractivity contribution is 6.06. The van der Waals surface area contributed by atoms with Gasteiger partial charge in [-0.3, -0.25) is 14.8 Å². The maximum absolute atomic E-state index is 12.1. The van der Waals surface area contributed by atoms with Crippen LogP contribution in [0.15, 0.2) is 85.3 Å². The lowest BCUT2D eigenvalue weighted by Crippen LogP contribution is -2.27. The predicted molar refractivity (Wildman–Crippen MR) is 114 cm³/mol. The zero-order valence-electron chi connectivity index (χ0n) is 15.8. The van der Waals surface area contributed by atoms with Crippen LogP contribution in [0.25, 0.3) is 27.7 Å². The number of amides is 1. The average Bonchev–Trinajstić information content (AvgIpc) is 3.15. The Morgan fingerprint density at radius 3 is 2.55 bits per heavy atom. The van der Waals surface area contributed by atoms with Crippen molar-refractivity contribution in [2.75, 3.05) is 5.01 Å². The van der Waals surface area contributed by atoms with Crippen LogP contribution in [0.1, 0.15) is 11.1 Å². The Morgan fingerprint density at radius 2 is 1.72 bits per heavy atom. The van der Waals surface area contributed by atoms with E-state index in [2.05, 4.69) is 21.5 Å². The van der Waals surface area contributed by atoms with Gasteiger partial charge in [-0.1, -0.05) is 18.2 Å². The molecule has 5 rings (SSSR count). The summed E-state index contributed by atoms with van der Waals surface area (Å²) >= 11 is 0. The fraction of sp³-hybridized carbons (Fsp3) is 0.0417. The van der Waals surface area contributed by atoms with E-state index in [0.29, 0.717) is 0 Å². The van der Waals surface area contributed by atoms with Crippen molar-refractivity contribution in [3.8, 4) is 11.1 Å². The van der Waals surface area contributed by atoms with Crippen LogP contribution in [-0.2, 0) is 4.79 Å². The minimum absolute atomic E-state index is 0.262. The Morgan fingerprint density at radius 1 is 0.862 bits per heavy atom. The van der Waals surface area contributed by atoms with Crippen LogP contribution in [0.3, 0.4) is 0 Å². The summed E-state index contributed by atoms with van der Waals surface area (Å²) in [6.07, 6.45) is 6.94. The monoisotopic (exact) mass is 377 g/mol. The Bertz CT molecular complexity index is 1260. The summed E-state index contributed by atoms with van der Waals surface area (Å²) in [6, 6.07) is 19.9. The molecule has 1 aliphatic rings. The van der Waals surface area contributed by atoms with E-state index in [4.69, 9.17) is 0 Å². The summed E-state index contributed by atoms with van der Waals surface area (Å²) in [6.45, 7) is 2.02. The highest BCUT2D eigenvalue weighted by Gasteiger charge is 2.26. The van der Waals surface area contributed by atoms with E-state index in [1.165, 1.54) is 0 Å². The summed E-state index contributed by atoms with van der Waals surface area (Å²) in [7, 11) is 0. The Labute approximate surface area is 168 Å². The van der Waals surface area contributed by atoms with Gasteiger partial charge < -0.3 is 0 Å². The molecule has 2 aromatic heterocycles. The van der Waals surface area contributed by atoms with Crippen molar-refractivity contribution in [1.29, 1.82) is 0 Å². The number of aromatic nitrogens is 2. The maximum atomic E-state index is 12.1. The molecule has 0 saturated heterocycles. The van der Waals surface area contributed by atoms with Crippen molar-refractivity contribution in [3.63, 3.8) is 0 Å². The van der Waals surface area contributed by atoms with E-state index in [0.717, 1.165) is 44.5 Å². The predicted octanol–water partition coefficient (Wildman–Crippen LogP) is 4.51. The fourth-order valence-corrected chi connectivity index (χ4v) is 3.61.